The predicted molar refractivity (Wildman–Crippen MR) is 94.9 cm³/mol. The Kier molecular flexibility index (Phi) is 6.22. The zero-order valence-electron chi connectivity index (χ0n) is 14.0. The first-order chi connectivity index (χ1) is 12.0. The molecule has 0 aliphatic rings. The number of para-hydroxylation sites is 2. The number of carbonyl (C=O) groups is 1. The number of carbonyl (C=O) groups excluding carboxylic acids is 1. The first kappa shape index (κ1) is 18.1. The normalized spacial score (nSPS) is 10.8. The first-order valence-electron chi connectivity index (χ1n) is 7.76. The van der Waals surface area contributed by atoms with Crippen molar-refractivity contribution in [1.82, 2.24) is 5.43 Å². The van der Waals surface area contributed by atoms with Gasteiger partial charge in [0, 0.05) is 6.07 Å². The first-order valence-corrected chi connectivity index (χ1v) is 7.76. The van der Waals surface area contributed by atoms with E-state index in [0.717, 1.165) is 5.56 Å². The second-order valence-corrected chi connectivity index (χ2v) is 5.59. The third-order valence-corrected chi connectivity index (χ3v) is 3.43. The van der Waals surface area contributed by atoms with Crippen LogP contribution in [0.5, 0.6) is 5.75 Å². The van der Waals surface area contributed by atoms with E-state index in [2.05, 4.69) is 10.5 Å². The highest BCUT2D eigenvalue weighted by Gasteiger charge is 2.11. The van der Waals surface area contributed by atoms with Crippen LogP contribution in [0.25, 0.3) is 0 Å². The third kappa shape index (κ3) is 5.13. The van der Waals surface area contributed by atoms with Crippen LogP contribution in [-0.4, -0.2) is 23.7 Å². The Morgan fingerprint density at radius 3 is 2.64 bits per heavy atom. The molecule has 25 heavy (non-hydrogen) atoms. The van der Waals surface area contributed by atoms with Gasteiger partial charge in [0.15, 0.2) is 6.61 Å². The van der Waals surface area contributed by atoms with Crippen LogP contribution in [-0.2, 0) is 4.79 Å². The molecule has 7 heteroatoms. The number of ether oxygens (including phenoxy) is 1. The smallest absolute Gasteiger partial charge is 0.278 e. The summed E-state index contributed by atoms with van der Waals surface area (Å²) in [6.07, 6.45) is 1.23. The van der Waals surface area contributed by atoms with E-state index in [1.54, 1.807) is 24.3 Å². The van der Waals surface area contributed by atoms with E-state index in [0.29, 0.717) is 11.3 Å². The standard InChI is InChI=1S/C18H19N3O4/c1-13(2)15-8-4-6-10-17(15)25-12-18(22)20-19-11-14-7-3-5-9-16(14)21(23)24/h3-11,13H,12H2,1-2H3,(H,20,22). The van der Waals surface area contributed by atoms with E-state index < -0.39 is 10.8 Å². The number of benzene rings is 2. The molecule has 2 rings (SSSR count). The van der Waals surface area contributed by atoms with Crippen molar-refractivity contribution in [3.8, 4) is 5.75 Å². The number of hydrazone groups is 1. The van der Waals surface area contributed by atoms with Crippen LogP contribution in [0.3, 0.4) is 0 Å². The van der Waals surface area contributed by atoms with Crippen LogP contribution in [0.1, 0.15) is 30.9 Å². The molecule has 0 saturated heterocycles. The lowest BCUT2D eigenvalue weighted by Gasteiger charge is -2.12. The Balaban J connectivity index is 1.93. The van der Waals surface area contributed by atoms with Crippen molar-refractivity contribution in [3.05, 3.63) is 69.8 Å². The molecule has 0 atom stereocenters. The molecule has 0 aliphatic heterocycles. The van der Waals surface area contributed by atoms with E-state index in [9.17, 15) is 14.9 Å². The lowest BCUT2D eigenvalue weighted by Crippen LogP contribution is -2.25. The van der Waals surface area contributed by atoms with E-state index >= 15 is 0 Å². The van der Waals surface area contributed by atoms with Crippen LogP contribution in [0.4, 0.5) is 5.69 Å². The molecule has 2 aromatic rings. The Morgan fingerprint density at radius 1 is 1.24 bits per heavy atom. The van der Waals surface area contributed by atoms with Gasteiger partial charge >= 0.3 is 0 Å². The summed E-state index contributed by atoms with van der Waals surface area (Å²) in [4.78, 5) is 22.2. The van der Waals surface area contributed by atoms with Crippen molar-refractivity contribution >= 4 is 17.8 Å². The Bertz CT molecular complexity index is 787. The summed E-state index contributed by atoms with van der Waals surface area (Å²) in [6.45, 7) is 3.89. The zero-order valence-corrected chi connectivity index (χ0v) is 14.0. The van der Waals surface area contributed by atoms with Crippen molar-refractivity contribution in [2.24, 2.45) is 5.10 Å². The lowest BCUT2D eigenvalue weighted by atomic mass is 10.0. The van der Waals surface area contributed by atoms with Gasteiger partial charge in [-0.25, -0.2) is 5.43 Å². The third-order valence-electron chi connectivity index (χ3n) is 3.43. The van der Waals surface area contributed by atoms with Crippen LogP contribution in [0.2, 0.25) is 0 Å². The topological polar surface area (TPSA) is 93.8 Å². The van der Waals surface area contributed by atoms with E-state index in [1.165, 1.54) is 12.3 Å². The molecule has 0 fully saturated rings. The summed E-state index contributed by atoms with van der Waals surface area (Å²) >= 11 is 0. The second-order valence-electron chi connectivity index (χ2n) is 5.59. The fraction of sp³-hybridized carbons (Fsp3) is 0.222. The molecule has 1 amide bonds. The van der Waals surface area contributed by atoms with Gasteiger partial charge in [-0.1, -0.05) is 44.2 Å². The van der Waals surface area contributed by atoms with E-state index in [4.69, 9.17) is 4.74 Å². The highest BCUT2D eigenvalue weighted by atomic mass is 16.6. The highest BCUT2D eigenvalue weighted by molar-refractivity contribution is 5.86. The predicted octanol–water partition coefficient (Wildman–Crippen LogP) is 3.25. The molecule has 0 bridgehead atoms. The van der Waals surface area contributed by atoms with Crippen molar-refractivity contribution in [3.63, 3.8) is 0 Å². The minimum Gasteiger partial charge on any atom is -0.483 e. The SMILES string of the molecule is CC(C)c1ccccc1OCC(=O)NN=Cc1ccccc1[N+](=O)[O-]. The van der Waals surface area contributed by atoms with Gasteiger partial charge in [0.2, 0.25) is 0 Å². The Hall–Kier alpha value is -3.22. The fourth-order valence-corrected chi connectivity index (χ4v) is 2.20. The maximum atomic E-state index is 11.8. The number of rotatable bonds is 7. The largest absolute Gasteiger partial charge is 0.483 e. The summed E-state index contributed by atoms with van der Waals surface area (Å²) in [7, 11) is 0. The molecule has 0 saturated carbocycles. The summed E-state index contributed by atoms with van der Waals surface area (Å²) in [5.41, 5.74) is 3.54. The number of amides is 1. The molecular weight excluding hydrogens is 322 g/mol. The van der Waals surface area contributed by atoms with Gasteiger partial charge in [-0.3, -0.25) is 14.9 Å². The molecule has 0 aromatic heterocycles. The van der Waals surface area contributed by atoms with Crippen LogP contribution in [0, 0.1) is 10.1 Å². The summed E-state index contributed by atoms with van der Waals surface area (Å²) in [6, 6.07) is 13.6. The highest BCUT2D eigenvalue weighted by Crippen LogP contribution is 2.25. The summed E-state index contributed by atoms with van der Waals surface area (Å²) < 4.78 is 5.53. The molecule has 0 spiro atoms. The van der Waals surface area contributed by atoms with Gasteiger partial charge in [0.05, 0.1) is 16.7 Å². The molecule has 130 valence electrons. The van der Waals surface area contributed by atoms with Crippen molar-refractivity contribution in [2.75, 3.05) is 6.61 Å². The van der Waals surface area contributed by atoms with Crippen LogP contribution < -0.4 is 10.2 Å². The molecule has 0 heterocycles. The van der Waals surface area contributed by atoms with Gasteiger partial charge in [0.25, 0.3) is 11.6 Å². The molecule has 0 radical (unpaired) electrons. The minimum atomic E-state index is -0.505. The molecule has 1 N–H and O–H groups in total. The number of nitro groups is 1. The number of nitrogens with one attached hydrogen (secondary N) is 1. The average Bonchev–Trinajstić information content (AvgIpc) is 2.60. The minimum absolute atomic E-state index is 0.0809. The average molecular weight is 341 g/mol. The molecule has 0 aliphatic carbocycles. The van der Waals surface area contributed by atoms with Gasteiger partial charge < -0.3 is 4.74 Å². The number of nitro benzene ring substituents is 1. The molecule has 2 aromatic carbocycles. The van der Waals surface area contributed by atoms with Gasteiger partial charge in [0.1, 0.15) is 5.75 Å². The maximum absolute atomic E-state index is 11.8. The number of hydrogen-bond acceptors (Lipinski definition) is 5. The van der Waals surface area contributed by atoms with Crippen LogP contribution in [0.15, 0.2) is 53.6 Å². The molecular formula is C18H19N3O4. The van der Waals surface area contributed by atoms with Crippen molar-refractivity contribution in [2.45, 2.75) is 19.8 Å². The molecule has 7 nitrogen and oxygen atoms in total. The number of hydrogen-bond donors (Lipinski definition) is 1. The van der Waals surface area contributed by atoms with Gasteiger partial charge in [-0.15, -0.1) is 0 Å². The Labute approximate surface area is 145 Å². The zero-order chi connectivity index (χ0) is 18.2. The van der Waals surface area contributed by atoms with E-state index in [1.807, 2.05) is 32.0 Å². The monoisotopic (exact) mass is 341 g/mol. The van der Waals surface area contributed by atoms with E-state index in [-0.39, 0.29) is 18.2 Å². The number of nitrogens with zero attached hydrogens (tertiary/aromatic N) is 2. The van der Waals surface area contributed by atoms with Crippen molar-refractivity contribution < 1.29 is 14.5 Å². The van der Waals surface area contributed by atoms with Crippen LogP contribution >= 0.6 is 0 Å². The molecule has 0 unspecified atom stereocenters. The van der Waals surface area contributed by atoms with Gasteiger partial charge in [-0.2, -0.15) is 5.10 Å². The summed E-state index contributed by atoms with van der Waals surface area (Å²) in [5, 5.41) is 14.6. The van der Waals surface area contributed by atoms with Gasteiger partial charge in [-0.05, 0) is 23.6 Å². The fourth-order valence-electron chi connectivity index (χ4n) is 2.20. The second kappa shape index (κ2) is 8.58. The summed E-state index contributed by atoms with van der Waals surface area (Å²) in [5.74, 6) is 0.472. The Morgan fingerprint density at radius 2 is 1.92 bits per heavy atom. The maximum Gasteiger partial charge on any atom is 0.278 e. The quantitative estimate of drug-likeness (QED) is 0.475. The van der Waals surface area contributed by atoms with Crippen molar-refractivity contribution in [1.29, 1.82) is 0 Å². The lowest BCUT2D eigenvalue weighted by molar-refractivity contribution is -0.385.